The number of benzene rings is 2. The Bertz CT molecular complexity index is 892. The molecule has 0 aliphatic carbocycles. The zero-order chi connectivity index (χ0) is 20.2. The summed E-state index contributed by atoms with van der Waals surface area (Å²) < 4.78 is 0. The average molecular weight is 390 g/mol. The molecule has 0 radical (unpaired) electrons. The molecule has 2 amide bonds. The van der Waals surface area contributed by atoms with Gasteiger partial charge in [0.05, 0.1) is 6.54 Å². The molecule has 2 heterocycles. The Morgan fingerprint density at radius 1 is 0.897 bits per heavy atom. The molecule has 0 saturated carbocycles. The number of piperidine rings is 1. The molecule has 2 fully saturated rings. The molecule has 4 rings (SSSR count). The summed E-state index contributed by atoms with van der Waals surface area (Å²) in [6.07, 6.45) is 2.98. The van der Waals surface area contributed by atoms with Crippen LogP contribution in [-0.4, -0.2) is 53.6 Å². The maximum absolute atomic E-state index is 13.0. The zero-order valence-electron chi connectivity index (χ0n) is 16.5. The van der Waals surface area contributed by atoms with Gasteiger partial charge in [-0.2, -0.15) is 0 Å². The molecule has 5 nitrogen and oxygen atoms in total. The highest BCUT2D eigenvalue weighted by molar-refractivity contribution is 5.98. The summed E-state index contributed by atoms with van der Waals surface area (Å²) >= 11 is 0. The summed E-state index contributed by atoms with van der Waals surface area (Å²) in [6, 6.07) is 17.8. The Morgan fingerprint density at radius 2 is 1.62 bits per heavy atom. The van der Waals surface area contributed by atoms with Gasteiger partial charge in [-0.1, -0.05) is 54.6 Å². The minimum absolute atomic E-state index is 0.0443. The normalized spacial score (nSPS) is 19.4. The number of ketones is 1. The Morgan fingerprint density at radius 3 is 2.31 bits per heavy atom. The molecule has 29 heavy (non-hydrogen) atoms. The van der Waals surface area contributed by atoms with Crippen molar-refractivity contribution in [3.8, 4) is 11.1 Å². The Labute approximate surface area is 171 Å². The predicted octanol–water partition coefficient (Wildman–Crippen LogP) is 3.40. The van der Waals surface area contributed by atoms with Crippen LogP contribution in [0.1, 0.15) is 36.0 Å². The van der Waals surface area contributed by atoms with E-state index in [0.717, 1.165) is 30.4 Å². The number of carbonyl (C=O) groups excluding carboxylic acids is 3. The number of carbonyl (C=O) groups is 3. The Hall–Kier alpha value is -2.95. The maximum Gasteiger partial charge on any atom is 0.242 e. The summed E-state index contributed by atoms with van der Waals surface area (Å²) in [5.41, 5.74) is 2.90. The molecule has 1 atom stereocenters. The van der Waals surface area contributed by atoms with E-state index in [1.54, 1.807) is 9.80 Å². The third kappa shape index (κ3) is 4.39. The van der Waals surface area contributed by atoms with Crippen molar-refractivity contribution in [2.45, 2.75) is 25.7 Å². The third-order valence-corrected chi connectivity index (χ3v) is 5.92. The molecular weight excluding hydrogens is 364 g/mol. The fourth-order valence-corrected chi connectivity index (χ4v) is 4.25. The first-order valence-electron chi connectivity index (χ1n) is 10.4. The van der Waals surface area contributed by atoms with E-state index in [4.69, 9.17) is 0 Å². The summed E-state index contributed by atoms with van der Waals surface area (Å²) in [4.78, 5) is 40.8. The van der Waals surface area contributed by atoms with Crippen molar-refractivity contribution in [2.75, 3.05) is 26.2 Å². The van der Waals surface area contributed by atoms with Gasteiger partial charge < -0.3 is 9.80 Å². The lowest BCUT2D eigenvalue weighted by Gasteiger charge is -2.33. The summed E-state index contributed by atoms with van der Waals surface area (Å²) in [5, 5.41) is 0. The second kappa shape index (κ2) is 8.60. The first kappa shape index (κ1) is 19.4. The van der Waals surface area contributed by atoms with Gasteiger partial charge in [-0.15, -0.1) is 0 Å². The lowest BCUT2D eigenvalue weighted by molar-refractivity contribution is -0.139. The molecule has 2 aliphatic heterocycles. The van der Waals surface area contributed by atoms with E-state index >= 15 is 0 Å². The quantitative estimate of drug-likeness (QED) is 0.736. The van der Waals surface area contributed by atoms with E-state index in [1.807, 2.05) is 54.6 Å². The van der Waals surface area contributed by atoms with Crippen LogP contribution in [0.4, 0.5) is 0 Å². The number of hydrogen-bond acceptors (Lipinski definition) is 3. The molecule has 2 saturated heterocycles. The maximum atomic E-state index is 13.0. The van der Waals surface area contributed by atoms with E-state index in [-0.39, 0.29) is 30.1 Å². The minimum atomic E-state index is -0.176. The van der Waals surface area contributed by atoms with Crippen LogP contribution >= 0.6 is 0 Å². The second-order valence-corrected chi connectivity index (χ2v) is 7.91. The van der Waals surface area contributed by atoms with Gasteiger partial charge in [-0.3, -0.25) is 14.4 Å². The molecule has 2 aromatic rings. The molecule has 0 aromatic heterocycles. The first-order valence-corrected chi connectivity index (χ1v) is 10.4. The van der Waals surface area contributed by atoms with E-state index < -0.39 is 0 Å². The lowest BCUT2D eigenvalue weighted by Crippen LogP contribution is -2.46. The monoisotopic (exact) mass is 390 g/mol. The van der Waals surface area contributed by atoms with Crippen LogP contribution in [0.5, 0.6) is 0 Å². The van der Waals surface area contributed by atoms with Gasteiger partial charge in [0.15, 0.2) is 5.78 Å². The highest BCUT2D eigenvalue weighted by atomic mass is 16.2. The fourth-order valence-electron chi connectivity index (χ4n) is 4.25. The van der Waals surface area contributed by atoms with Crippen LogP contribution in [0, 0.1) is 5.92 Å². The van der Waals surface area contributed by atoms with E-state index in [2.05, 4.69) is 0 Å². The van der Waals surface area contributed by atoms with Gasteiger partial charge in [0.25, 0.3) is 0 Å². The predicted molar refractivity (Wildman–Crippen MR) is 111 cm³/mol. The van der Waals surface area contributed by atoms with Crippen molar-refractivity contribution in [3.63, 3.8) is 0 Å². The minimum Gasteiger partial charge on any atom is -0.340 e. The highest BCUT2D eigenvalue weighted by Crippen LogP contribution is 2.24. The molecule has 150 valence electrons. The van der Waals surface area contributed by atoms with Gasteiger partial charge in [0.1, 0.15) is 0 Å². The molecule has 2 aromatic carbocycles. The van der Waals surface area contributed by atoms with Gasteiger partial charge in [0.2, 0.25) is 11.8 Å². The smallest absolute Gasteiger partial charge is 0.242 e. The second-order valence-electron chi connectivity index (χ2n) is 7.91. The molecule has 0 unspecified atom stereocenters. The molecule has 0 N–H and O–H groups in total. The number of Topliss-reactive ketones (excluding diaryl/α,β-unsaturated/α-hetero) is 1. The van der Waals surface area contributed by atoms with Gasteiger partial charge in [-0.25, -0.2) is 0 Å². The zero-order valence-corrected chi connectivity index (χ0v) is 16.5. The van der Waals surface area contributed by atoms with Crippen LogP contribution in [0.3, 0.4) is 0 Å². The topological polar surface area (TPSA) is 57.7 Å². The highest BCUT2D eigenvalue weighted by Gasteiger charge is 2.31. The number of amides is 2. The van der Waals surface area contributed by atoms with Crippen LogP contribution in [-0.2, 0) is 9.59 Å². The summed E-state index contributed by atoms with van der Waals surface area (Å²) in [7, 11) is 0. The van der Waals surface area contributed by atoms with E-state index in [0.29, 0.717) is 31.6 Å². The van der Waals surface area contributed by atoms with Crippen molar-refractivity contribution in [1.29, 1.82) is 0 Å². The van der Waals surface area contributed by atoms with Gasteiger partial charge >= 0.3 is 0 Å². The van der Waals surface area contributed by atoms with Crippen LogP contribution in [0.2, 0.25) is 0 Å². The molecule has 2 aliphatic rings. The number of rotatable bonds is 5. The number of hydrogen-bond donors (Lipinski definition) is 0. The van der Waals surface area contributed by atoms with Crippen molar-refractivity contribution in [2.24, 2.45) is 5.92 Å². The molecule has 0 spiro atoms. The average Bonchev–Trinajstić information content (AvgIpc) is 3.18. The standard InChI is InChI=1S/C24H26N2O3/c27-22-9-5-15-26(22)17-23(28)25-14-4-8-21(16-25)24(29)20-12-10-19(11-13-20)18-6-2-1-3-7-18/h1-3,6-7,10-13,21H,4-5,8-9,14-17H2/t21-/m0/s1. The van der Waals surface area contributed by atoms with Crippen LogP contribution < -0.4 is 0 Å². The summed E-state index contributed by atoms with van der Waals surface area (Å²) in [6.45, 7) is 1.91. The van der Waals surface area contributed by atoms with Gasteiger partial charge in [-0.05, 0) is 30.4 Å². The first-order chi connectivity index (χ1) is 14.1. The van der Waals surface area contributed by atoms with Crippen molar-refractivity contribution >= 4 is 17.6 Å². The van der Waals surface area contributed by atoms with Gasteiger partial charge in [0, 0.05) is 37.5 Å². The summed E-state index contributed by atoms with van der Waals surface area (Å²) in [5.74, 6) is -0.0671. The van der Waals surface area contributed by atoms with Crippen LogP contribution in [0.15, 0.2) is 54.6 Å². The molecule has 0 bridgehead atoms. The van der Waals surface area contributed by atoms with E-state index in [9.17, 15) is 14.4 Å². The van der Waals surface area contributed by atoms with Crippen LogP contribution in [0.25, 0.3) is 11.1 Å². The number of nitrogens with zero attached hydrogens (tertiary/aromatic N) is 2. The number of likely N-dealkylation sites (tertiary alicyclic amines) is 2. The van der Waals surface area contributed by atoms with Crippen molar-refractivity contribution < 1.29 is 14.4 Å². The Balaban J connectivity index is 1.39. The fraction of sp³-hybridized carbons (Fsp3) is 0.375. The van der Waals surface area contributed by atoms with Crippen molar-refractivity contribution in [1.82, 2.24) is 9.80 Å². The third-order valence-electron chi connectivity index (χ3n) is 5.92. The SMILES string of the molecule is O=C(c1ccc(-c2ccccc2)cc1)[C@H]1CCCN(C(=O)CN2CCCC2=O)C1. The molecular formula is C24H26N2O3. The van der Waals surface area contributed by atoms with E-state index in [1.165, 1.54) is 0 Å². The Kier molecular flexibility index (Phi) is 5.74. The molecule has 5 heteroatoms. The largest absolute Gasteiger partial charge is 0.340 e. The van der Waals surface area contributed by atoms with Crippen molar-refractivity contribution in [3.05, 3.63) is 60.2 Å². The lowest BCUT2D eigenvalue weighted by atomic mass is 9.89.